The quantitative estimate of drug-likeness (QED) is 0.555. The van der Waals surface area contributed by atoms with Crippen LogP contribution in [-0.2, 0) is 0 Å². The number of fused-ring (bicyclic) bond motifs is 1. The van der Waals surface area contributed by atoms with Crippen LogP contribution in [0.15, 0.2) is 24.4 Å². The van der Waals surface area contributed by atoms with Gasteiger partial charge in [-0.1, -0.05) is 11.6 Å². The second-order valence-corrected chi connectivity index (χ2v) is 3.25. The van der Waals surface area contributed by atoms with Crippen LogP contribution in [0.25, 0.3) is 10.9 Å². The molecule has 0 unspecified atom stereocenters. The van der Waals surface area contributed by atoms with E-state index in [0.29, 0.717) is 10.9 Å². The average Bonchev–Trinajstić information content (AvgIpc) is 2.17. The summed E-state index contributed by atoms with van der Waals surface area (Å²) in [7, 11) is 0. The van der Waals surface area contributed by atoms with Gasteiger partial charge in [-0.3, -0.25) is 10.1 Å². The molecule has 1 aromatic carbocycles. The van der Waals surface area contributed by atoms with Gasteiger partial charge in [-0.05, 0) is 12.1 Å². The third-order valence-corrected chi connectivity index (χ3v) is 2.34. The first-order valence-electron chi connectivity index (χ1n) is 3.98. The first kappa shape index (κ1) is 9.79. The van der Waals surface area contributed by atoms with Crippen LogP contribution in [0, 0.1) is 15.9 Å². The van der Waals surface area contributed by atoms with Gasteiger partial charge in [-0.2, -0.15) is 0 Å². The van der Waals surface area contributed by atoms with E-state index in [9.17, 15) is 14.5 Å². The van der Waals surface area contributed by atoms with Gasteiger partial charge < -0.3 is 0 Å². The molecule has 76 valence electrons. The largest absolute Gasteiger partial charge is 0.306 e. The maximum absolute atomic E-state index is 12.8. The molecule has 15 heavy (non-hydrogen) atoms. The van der Waals surface area contributed by atoms with Crippen LogP contribution in [0.4, 0.5) is 10.1 Å². The molecular formula is C9H4ClFN2O2. The second kappa shape index (κ2) is 3.43. The lowest BCUT2D eigenvalue weighted by molar-refractivity contribution is -0.384. The highest BCUT2D eigenvalue weighted by Gasteiger charge is 2.15. The predicted molar refractivity (Wildman–Crippen MR) is 53.4 cm³/mol. The topological polar surface area (TPSA) is 56.0 Å². The zero-order chi connectivity index (χ0) is 11.0. The molecule has 2 rings (SSSR count). The smallest absolute Gasteiger partial charge is 0.258 e. The third-order valence-electron chi connectivity index (χ3n) is 1.94. The Morgan fingerprint density at radius 2 is 2.20 bits per heavy atom. The summed E-state index contributed by atoms with van der Waals surface area (Å²) < 4.78 is 12.8. The van der Waals surface area contributed by atoms with Crippen LogP contribution in [0.1, 0.15) is 0 Å². The van der Waals surface area contributed by atoms with Crippen molar-refractivity contribution in [2.24, 2.45) is 0 Å². The zero-order valence-corrected chi connectivity index (χ0v) is 8.03. The van der Waals surface area contributed by atoms with E-state index in [2.05, 4.69) is 4.98 Å². The Balaban J connectivity index is 2.80. The average molecular weight is 227 g/mol. The standard InChI is InChI=1S/C9H4ClFN2O2/c10-9-6-2-1-5(11)3-7(6)12-4-8(9)13(14)15/h1-4H. The molecule has 0 saturated heterocycles. The summed E-state index contributed by atoms with van der Waals surface area (Å²) in [5, 5.41) is 10.9. The van der Waals surface area contributed by atoms with Crippen molar-refractivity contribution < 1.29 is 9.31 Å². The van der Waals surface area contributed by atoms with Crippen molar-refractivity contribution >= 4 is 28.2 Å². The van der Waals surface area contributed by atoms with Crippen molar-refractivity contribution in [3.05, 3.63) is 45.4 Å². The summed E-state index contributed by atoms with van der Waals surface area (Å²) in [6.07, 6.45) is 1.02. The van der Waals surface area contributed by atoms with Gasteiger partial charge in [0.05, 0.1) is 10.4 Å². The highest BCUT2D eigenvalue weighted by molar-refractivity contribution is 6.37. The van der Waals surface area contributed by atoms with Gasteiger partial charge in [0, 0.05) is 11.5 Å². The Kier molecular flexibility index (Phi) is 2.24. The number of benzene rings is 1. The molecule has 0 radical (unpaired) electrons. The molecule has 0 N–H and O–H groups in total. The van der Waals surface area contributed by atoms with E-state index in [1.807, 2.05) is 0 Å². The third kappa shape index (κ3) is 1.61. The van der Waals surface area contributed by atoms with Gasteiger partial charge in [0.2, 0.25) is 0 Å². The van der Waals surface area contributed by atoms with Gasteiger partial charge >= 0.3 is 5.69 Å². The lowest BCUT2D eigenvalue weighted by atomic mass is 10.2. The predicted octanol–water partition coefficient (Wildman–Crippen LogP) is 2.94. The minimum atomic E-state index is -0.627. The van der Waals surface area contributed by atoms with E-state index in [4.69, 9.17) is 11.6 Å². The van der Waals surface area contributed by atoms with Gasteiger partial charge in [0.15, 0.2) is 0 Å². The molecule has 1 heterocycles. The summed E-state index contributed by atoms with van der Waals surface area (Å²) in [4.78, 5) is 13.7. The minimum absolute atomic E-state index is 0.0231. The fourth-order valence-electron chi connectivity index (χ4n) is 1.25. The van der Waals surface area contributed by atoms with Crippen LogP contribution in [0.2, 0.25) is 5.02 Å². The van der Waals surface area contributed by atoms with Crippen molar-refractivity contribution in [2.75, 3.05) is 0 Å². The minimum Gasteiger partial charge on any atom is -0.258 e. The monoisotopic (exact) mass is 226 g/mol. The van der Waals surface area contributed by atoms with E-state index in [1.165, 1.54) is 18.2 Å². The fraction of sp³-hybridized carbons (Fsp3) is 0. The van der Waals surface area contributed by atoms with Crippen molar-refractivity contribution in [1.29, 1.82) is 0 Å². The molecule has 0 saturated carbocycles. The lowest BCUT2D eigenvalue weighted by Crippen LogP contribution is -1.92. The number of hydrogen-bond donors (Lipinski definition) is 0. The molecule has 0 aliphatic heterocycles. The van der Waals surface area contributed by atoms with E-state index >= 15 is 0 Å². The molecule has 0 fully saturated rings. The molecule has 0 amide bonds. The molecule has 0 atom stereocenters. The summed E-state index contributed by atoms with van der Waals surface area (Å²) in [6.45, 7) is 0. The van der Waals surface area contributed by atoms with Crippen LogP contribution >= 0.6 is 11.6 Å². The number of halogens is 2. The normalized spacial score (nSPS) is 10.5. The first-order chi connectivity index (χ1) is 7.09. The van der Waals surface area contributed by atoms with Crippen LogP contribution in [0.3, 0.4) is 0 Å². The number of nitrogens with zero attached hydrogens (tertiary/aromatic N) is 2. The highest BCUT2D eigenvalue weighted by atomic mass is 35.5. The molecule has 6 heteroatoms. The summed E-state index contributed by atoms with van der Waals surface area (Å²) >= 11 is 5.78. The maximum Gasteiger partial charge on any atom is 0.306 e. The number of hydrogen-bond acceptors (Lipinski definition) is 3. The molecular weight excluding hydrogens is 223 g/mol. The fourth-order valence-corrected chi connectivity index (χ4v) is 1.53. The SMILES string of the molecule is O=[N+]([O-])c1cnc2cc(F)ccc2c1Cl. The van der Waals surface area contributed by atoms with Crippen molar-refractivity contribution in [3.63, 3.8) is 0 Å². The Morgan fingerprint density at radius 3 is 2.87 bits per heavy atom. The summed E-state index contributed by atoms with van der Waals surface area (Å²) in [6, 6.07) is 3.72. The number of nitro groups is 1. The Bertz CT molecular complexity index is 559. The second-order valence-electron chi connectivity index (χ2n) is 2.88. The van der Waals surface area contributed by atoms with Crippen LogP contribution < -0.4 is 0 Å². The van der Waals surface area contributed by atoms with Crippen molar-refractivity contribution in [1.82, 2.24) is 4.98 Å². The zero-order valence-electron chi connectivity index (χ0n) is 7.28. The van der Waals surface area contributed by atoms with E-state index in [-0.39, 0.29) is 10.7 Å². The highest BCUT2D eigenvalue weighted by Crippen LogP contribution is 2.30. The Hall–Kier alpha value is -1.75. The molecule has 0 bridgehead atoms. The van der Waals surface area contributed by atoms with Gasteiger partial charge in [-0.15, -0.1) is 0 Å². The van der Waals surface area contributed by atoms with Crippen molar-refractivity contribution in [2.45, 2.75) is 0 Å². The molecule has 2 aromatic rings. The van der Waals surface area contributed by atoms with Crippen molar-refractivity contribution in [3.8, 4) is 0 Å². The van der Waals surface area contributed by atoms with E-state index < -0.39 is 10.7 Å². The number of pyridine rings is 1. The van der Waals surface area contributed by atoms with E-state index in [1.54, 1.807) is 0 Å². The number of rotatable bonds is 1. The van der Waals surface area contributed by atoms with Crippen LogP contribution in [-0.4, -0.2) is 9.91 Å². The first-order valence-corrected chi connectivity index (χ1v) is 4.35. The van der Waals surface area contributed by atoms with E-state index in [0.717, 1.165) is 6.20 Å². The molecule has 4 nitrogen and oxygen atoms in total. The Morgan fingerprint density at radius 1 is 1.47 bits per heavy atom. The maximum atomic E-state index is 12.8. The summed E-state index contributed by atoms with van der Waals surface area (Å²) in [5.41, 5.74) is 0.0152. The van der Waals surface area contributed by atoms with Crippen LogP contribution in [0.5, 0.6) is 0 Å². The van der Waals surface area contributed by atoms with Gasteiger partial charge in [-0.25, -0.2) is 9.37 Å². The molecule has 0 spiro atoms. The van der Waals surface area contributed by atoms with Gasteiger partial charge in [0.25, 0.3) is 0 Å². The molecule has 1 aromatic heterocycles. The van der Waals surface area contributed by atoms with Gasteiger partial charge in [0.1, 0.15) is 17.0 Å². The number of aromatic nitrogens is 1. The summed E-state index contributed by atoms with van der Waals surface area (Å²) in [5.74, 6) is -0.458. The molecule has 0 aliphatic carbocycles. The molecule has 0 aliphatic rings. The Labute approximate surface area is 88.5 Å². The lowest BCUT2D eigenvalue weighted by Gasteiger charge is -2.00.